The lowest BCUT2D eigenvalue weighted by Gasteiger charge is -2.24. The molecule has 0 atom stereocenters. The summed E-state index contributed by atoms with van der Waals surface area (Å²) in [5.74, 6) is 2.14. The van der Waals surface area contributed by atoms with E-state index >= 15 is 0 Å². The number of ether oxygens (including phenoxy) is 1. The highest BCUT2D eigenvalue weighted by molar-refractivity contribution is 5.56. The molecular weight excluding hydrogens is 354 g/mol. The lowest BCUT2D eigenvalue weighted by Crippen LogP contribution is -2.35. The number of morpholine rings is 1. The molecule has 2 aromatic heterocycles. The smallest absolute Gasteiger partial charge is 0.241 e. The number of nitrogens with zero attached hydrogens (tertiary/aromatic N) is 5. The number of hydrogen-bond donors (Lipinski definition) is 0. The quantitative estimate of drug-likeness (QED) is 0.625. The molecule has 0 amide bonds. The molecule has 3 heterocycles. The Morgan fingerprint density at radius 2 is 1.89 bits per heavy atom. The lowest BCUT2D eigenvalue weighted by atomic mass is 10.2. The van der Waals surface area contributed by atoms with E-state index in [1.54, 1.807) is 0 Å². The molecule has 0 N–H and O–H groups in total. The van der Waals surface area contributed by atoms with Crippen LogP contribution in [-0.2, 0) is 17.8 Å². The summed E-state index contributed by atoms with van der Waals surface area (Å²) in [6, 6.07) is 14.4. The first kappa shape index (κ1) is 18.6. The van der Waals surface area contributed by atoms with Crippen molar-refractivity contribution < 1.29 is 9.26 Å². The van der Waals surface area contributed by atoms with E-state index in [0.717, 1.165) is 50.8 Å². The first-order valence-corrected chi connectivity index (χ1v) is 9.70. The predicted molar refractivity (Wildman–Crippen MR) is 107 cm³/mol. The van der Waals surface area contributed by atoms with E-state index in [-0.39, 0.29) is 0 Å². The van der Waals surface area contributed by atoms with Gasteiger partial charge in [-0.3, -0.25) is 4.90 Å². The van der Waals surface area contributed by atoms with Gasteiger partial charge in [-0.25, -0.2) is 4.98 Å². The molecule has 0 unspecified atom stereocenters. The van der Waals surface area contributed by atoms with Gasteiger partial charge in [-0.15, -0.1) is 0 Å². The molecule has 1 aromatic carbocycles. The molecule has 4 rings (SSSR count). The van der Waals surface area contributed by atoms with Gasteiger partial charge in [-0.05, 0) is 24.6 Å². The van der Waals surface area contributed by atoms with Crippen LogP contribution in [0.4, 0.5) is 5.82 Å². The predicted octanol–water partition coefficient (Wildman–Crippen LogP) is 2.99. The maximum absolute atomic E-state index is 5.42. The first-order valence-electron chi connectivity index (χ1n) is 9.70. The third-order valence-electron chi connectivity index (χ3n) is 4.86. The van der Waals surface area contributed by atoms with E-state index in [1.807, 2.05) is 24.4 Å². The average molecular weight is 379 g/mol. The van der Waals surface area contributed by atoms with Gasteiger partial charge in [-0.1, -0.05) is 35.5 Å². The number of aromatic nitrogens is 3. The summed E-state index contributed by atoms with van der Waals surface area (Å²) in [5, 5.41) is 4.12. The van der Waals surface area contributed by atoms with Gasteiger partial charge in [0.25, 0.3) is 0 Å². The molecular formula is C21H25N5O2. The number of pyridine rings is 1. The van der Waals surface area contributed by atoms with Crippen molar-refractivity contribution in [3.8, 4) is 11.4 Å². The van der Waals surface area contributed by atoms with Crippen molar-refractivity contribution in [2.24, 2.45) is 0 Å². The van der Waals surface area contributed by atoms with Crippen LogP contribution in [0.25, 0.3) is 11.4 Å². The second-order valence-electron chi connectivity index (χ2n) is 6.81. The molecule has 0 radical (unpaired) electrons. The Balaban J connectivity index is 1.42. The van der Waals surface area contributed by atoms with Crippen LogP contribution in [0.15, 0.2) is 53.2 Å². The molecule has 1 saturated heterocycles. The van der Waals surface area contributed by atoms with Crippen molar-refractivity contribution in [2.45, 2.75) is 20.0 Å². The van der Waals surface area contributed by atoms with Gasteiger partial charge in [0.2, 0.25) is 11.7 Å². The molecule has 0 bridgehead atoms. The second kappa shape index (κ2) is 8.95. The fraction of sp³-hybridized carbons (Fsp3) is 0.381. The highest BCUT2D eigenvalue weighted by atomic mass is 16.5. The Bertz CT molecular complexity index is 860. The normalized spacial score (nSPS) is 14.9. The summed E-state index contributed by atoms with van der Waals surface area (Å²) in [6.07, 6.45) is 1.81. The highest BCUT2D eigenvalue weighted by Gasteiger charge is 2.16. The number of rotatable bonds is 7. The molecule has 1 aliphatic heterocycles. The Kier molecular flexibility index (Phi) is 5.94. The van der Waals surface area contributed by atoms with Crippen molar-refractivity contribution in [2.75, 3.05) is 37.7 Å². The van der Waals surface area contributed by atoms with Crippen LogP contribution >= 0.6 is 0 Å². The van der Waals surface area contributed by atoms with Crippen molar-refractivity contribution in [3.63, 3.8) is 0 Å². The van der Waals surface area contributed by atoms with E-state index in [9.17, 15) is 0 Å². The molecule has 7 nitrogen and oxygen atoms in total. The van der Waals surface area contributed by atoms with Gasteiger partial charge in [0.1, 0.15) is 5.82 Å². The summed E-state index contributed by atoms with van der Waals surface area (Å²) in [4.78, 5) is 13.6. The number of anilines is 1. The van der Waals surface area contributed by atoms with Crippen LogP contribution in [0.5, 0.6) is 0 Å². The van der Waals surface area contributed by atoms with Crippen LogP contribution in [0.3, 0.4) is 0 Å². The largest absolute Gasteiger partial charge is 0.379 e. The highest BCUT2D eigenvalue weighted by Crippen LogP contribution is 2.20. The standard InChI is InChI=1S/C21H25N5O2/c1-2-26(15-17-6-4-3-5-7-17)19-9-8-18(14-22-19)21-23-20(28-24-21)16-25-10-12-27-13-11-25/h3-9,14H,2,10-13,15-16H2,1H3. The minimum absolute atomic E-state index is 0.577. The van der Waals surface area contributed by atoms with E-state index in [2.05, 4.69) is 56.1 Å². The maximum Gasteiger partial charge on any atom is 0.241 e. The second-order valence-corrected chi connectivity index (χ2v) is 6.81. The molecule has 7 heteroatoms. The van der Waals surface area contributed by atoms with Crippen molar-refractivity contribution in [1.29, 1.82) is 0 Å². The van der Waals surface area contributed by atoms with Gasteiger partial charge in [0.15, 0.2) is 0 Å². The molecule has 3 aromatic rings. The summed E-state index contributed by atoms with van der Waals surface area (Å²) < 4.78 is 10.8. The zero-order chi connectivity index (χ0) is 19.2. The molecule has 1 aliphatic rings. The Morgan fingerprint density at radius 3 is 2.61 bits per heavy atom. The van der Waals surface area contributed by atoms with Crippen LogP contribution in [0.2, 0.25) is 0 Å². The average Bonchev–Trinajstić information content (AvgIpc) is 3.22. The third kappa shape index (κ3) is 4.55. The zero-order valence-electron chi connectivity index (χ0n) is 16.1. The maximum atomic E-state index is 5.42. The number of benzene rings is 1. The van der Waals surface area contributed by atoms with Gasteiger partial charge in [-0.2, -0.15) is 4.98 Å². The summed E-state index contributed by atoms with van der Waals surface area (Å²) in [5.41, 5.74) is 2.12. The van der Waals surface area contributed by atoms with E-state index in [0.29, 0.717) is 18.3 Å². The van der Waals surface area contributed by atoms with Crippen molar-refractivity contribution in [1.82, 2.24) is 20.0 Å². The van der Waals surface area contributed by atoms with Gasteiger partial charge < -0.3 is 14.2 Å². The van der Waals surface area contributed by atoms with E-state index in [4.69, 9.17) is 9.26 Å². The summed E-state index contributed by atoms with van der Waals surface area (Å²) in [7, 11) is 0. The monoisotopic (exact) mass is 379 g/mol. The Morgan fingerprint density at radius 1 is 1.07 bits per heavy atom. The molecule has 0 spiro atoms. The molecule has 0 saturated carbocycles. The van der Waals surface area contributed by atoms with Gasteiger partial charge >= 0.3 is 0 Å². The minimum atomic E-state index is 0.577. The van der Waals surface area contributed by atoms with Crippen LogP contribution in [0, 0.1) is 0 Å². The molecule has 28 heavy (non-hydrogen) atoms. The fourth-order valence-electron chi connectivity index (χ4n) is 3.25. The van der Waals surface area contributed by atoms with Crippen molar-refractivity contribution >= 4 is 5.82 Å². The van der Waals surface area contributed by atoms with E-state index < -0.39 is 0 Å². The van der Waals surface area contributed by atoms with Crippen LogP contribution < -0.4 is 4.90 Å². The topological polar surface area (TPSA) is 67.5 Å². The molecule has 1 fully saturated rings. The summed E-state index contributed by atoms with van der Waals surface area (Å²) in [6.45, 7) is 7.79. The zero-order valence-corrected chi connectivity index (χ0v) is 16.1. The fourth-order valence-corrected chi connectivity index (χ4v) is 3.25. The first-order chi connectivity index (χ1) is 13.8. The van der Waals surface area contributed by atoms with E-state index in [1.165, 1.54) is 5.56 Å². The van der Waals surface area contributed by atoms with Crippen LogP contribution in [0.1, 0.15) is 18.4 Å². The SMILES string of the molecule is CCN(Cc1ccccc1)c1ccc(-c2noc(CN3CCOCC3)n2)cn1. The molecule has 0 aliphatic carbocycles. The Labute approximate surface area is 164 Å². The Hall–Kier alpha value is -2.77. The third-order valence-corrected chi connectivity index (χ3v) is 4.86. The molecule has 146 valence electrons. The van der Waals surface area contributed by atoms with Gasteiger partial charge in [0.05, 0.1) is 19.8 Å². The lowest BCUT2D eigenvalue weighted by molar-refractivity contribution is 0.0297. The minimum Gasteiger partial charge on any atom is -0.379 e. The number of hydrogen-bond acceptors (Lipinski definition) is 7. The van der Waals surface area contributed by atoms with Crippen molar-refractivity contribution in [3.05, 3.63) is 60.1 Å². The summed E-state index contributed by atoms with van der Waals surface area (Å²) >= 11 is 0. The van der Waals surface area contributed by atoms with Gasteiger partial charge in [0, 0.05) is 37.9 Å². The van der Waals surface area contributed by atoms with Crippen LogP contribution in [-0.4, -0.2) is 52.9 Å².